The number of non-ortho nitro benzene ring substituents is 1. The van der Waals surface area contributed by atoms with Crippen LogP contribution in [0.4, 0.5) is 15.8 Å². The highest BCUT2D eigenvalue weighted by molar-refractivity contribution is 6.12. The lowest BCUT2D eigenvalue weighted by Gasteiger charge is -2.35. The first-order valence-corrected chi connectivity index (χ1v) is 10.5. The molecule has 1 N–H and O–H groups in total. The van der Waals surface area contributed by atoms with Crippen LogP contribution in [0.5, 0.6) is 0 Å². The fourth-order valence-corrected chi connectivity index (χ4v) is 5.33. The molecule has 8 heteroatoms. The van der Waals surface area contributed by atoms with E-state index in [9.17, 15) is 24.1 Å². The third-order valence-electron chi connectivity index (χ3n) is 6.80. The van der Waals surface area contributed by atoms with E-state index in [4.69, 9.17) is 0 Å². The van der Waals surface area contributed by atoms with Crippen molar-refractivity contribution in [1.82, 2.24) is 4.90 Å². The molecule has 1 saturated heterocycles. The number of halogens is 1. The van der Waals surface area contributed by atoms with Crippen LogP contribution < -0.4 is 5.32 Å². The second kappa shape index (κ2) is 7.60. The van der Waals surface area contributed by atoms with Gasteiger partial charge in [-0.2, -0.15) is 0 Å². The number of amides is 1. The monoisotopic (exact) mass is 445 g/mol. The van der Waals surface area contributed by atoms with Gasteiger partial charge in [0.1, 0.15) is 11.4 Å². The van der Waals surface area contributed by atoms with Gasteiger partial charge in [-0.3, -0.25) is 24.6 Å². The number of benzene rings is 3. The fraction of sp³-hybridized carbons (Fsp3) is 0.200. The number of Topliss-reactive ketones (excluding diaryl/α,β-unsaturated/α-hetero) is 1. The molecule has 0 radical (unpaired) electrons. The molecule has 2 heterocycles. The number of hydrogen-bond donors (Lipinski definition) is 1. The molecule has 0 saturated carbocycles. The molecule has 2 aliphatic heterocycles. The molecule has 5 rings (SSSR count). The van der Waals surface area contributed by atoms with Gasteiger partial charge in [0.15, 0.2) is 5.78 Å². The SMILES string of the molecule is CN1C[C@H](c2ccc([N+](=O)[O-])cc2)C(C(=O)c2ccc(F)cc2)[C@]12C(=O)Nc1ccccc12. The second-order valence-electron chi connectivity index (χ2n) is 8.45. The number of rotatable bonds is 4. The van der Waals surface area contributed by atoms with Crippen molar-refractivity contribution in [2.75, 3.05) is 18.9 Å². The highest BCUT2D eigenvalue weighted by Crippen LogP contribution is 2.55. The van der Waals surface area contributed by atoms with Crippen molar-refractivity contribution in [2.45, 2.75) is 11.5 Å². The largest absolute Gasteiger partial charge is 0.324 e. The Bertz CT molecular complexity index is 1280. The molecule has 2 aliphatic rings. The zero-order chi connectivity index (χ0) is 23.3. The summed E-state index contributed by atoms with van der Waals surface area (Å²) >= 11 is 0. The minimum atomic E-state index is -1.26. The summed E-state index contributed by atoms with van der Waals surface area (Å²) in [6.07, 6.45) is 0. The molecule has 3 atom stereocenters. The molecule has 1 amide bonds. The lowest BCUT2D eigenvalue weighted by Crippen LogP contribution is -2.51. The van der Waals surface area contributed by atoms with E-state index in [2.05, 4.69) is 5.32 Å². The normalized spacial score (nSPS) is 24.0. The van der Waals surface area contributed by atoms with Crippen LogP contribution in [0, 0.1) is 21.8 Å². The summed E-state index contributed by atoms with van der Waals surface area (Å²) in [7, 11) is 1.80. The topological polar surface area (TPSA) is 92.5 Å². The van der Waals surface area contributed by atoms with E-state index in [1.807, 2.05) is 23.1 Å². The van der Waals surface area contributed by atoms with Crippen LogP contribution in [0.25, 0.3) is 0 Å². The molecule has 0 bridgehead atoms. The van der Waals surface area contributed by atoms with E-state index in [1.165, 1.54) is 36.4 Å². The lowest BCUT2D eigenvalue weighted by molar-refractivity contribution is -0.384. The van der Waals surface area contributed by atoms with Gasteiger partial charge in [0.2, 0.25) is 5.91 Å². The van der Waals surface area contributed by atoms with Crippen LogP contribution in [0.1, 0.15) is 27.4 Å². The number of fused-ring (bicyclic) bond motifs is 2. The summed E-state index contributed by atoms with van der Waals surface area (Å²) in [5.41, 5.74) is 1.08. The molecule has 1 fully saturated rings. The summed E-state index contributed by atoms with van der Waals surface area (Å²) in [6, 6.07) is 18.7. The number of carbonyl (C=O) groups excluding carboxylic acids is 2. The Balaban J connectivity index is 1.69. The Morgan fingerprint density at radius 1 is 1.09 bits per heavy atom. The van der Waals surface area contributed by atoms with Gasteiger partial charge in [-0.05, 0) is 42.9 Å². The number of ketones is 1. The van der Waals surface area contributed by atoms with Gasteiger partial charge >= 0.3 is 0 Å². The standard InChI is InChI=1S/C25H20FN3O4/c1-28-14-19(15-8-12-18(13-9-15)29(32)33)22(23(30)16-6-10-17(26)11-7-16)25(28)20-4-2-3-5-21(20)27-24(25)31/h2-13,19,22H,14H2,1H3,(H,27,31)/t19-,22?,25-/m1/s1. The smallest absolute Gasteiger partial charge is 0.269 e. The minimum absolute atomic E-state index is 0.0508. The number of nitro groups is 1. The number of nitro benzene ring substituents is 1. The molecule has 7 nitrogen and oxygen atoms in total. The molecule has 1 unspecified atom stereocenters. The maximum atomic E-state index is 13.9. The van der Waals surface area contributed by atoms with Crippen molar-refractivity contribution in [3.8, 4) is 0 Å². The maximum Gasteiger partial charge on any atom is 0.269 e. The number of likely N-dealkylation sites (tertiary alicyclic amines) is 1. The van der Waals surface area contributed by atoms with Crippen LogP contribution in [0.15, 0.2) is 72.8 Å². The summed E-state index contributed by atoms with van der Waals surface area (Å²) in [4.78, 5) is 40.0. The van der Waals surface area contributed by atoms with E-state index in [0.717, 1.165) is 5.56 Å². The quantitative estimate of drug-likeness (QED) is 0.371. The summed E-state index contributed by atoms with van der Waals surface area (Å²) in [6.45, 7) is 0.386. The van der Waals surface area contributed by atoms with Crippen LogP contribution in [-0.2, 0) is 10.3 Å². The van der Waals surface area contributed by atoms with Crippen molar-refractivity contribution in [3.63, 3.8) is 0 Å². The van der Waals surface area contributed by atoms with Crippen LogP contribution >= 0.6 is 0 Å². The summed E-state index contributed by atoms with van der Waals surface area (Å²) < 4.78 is 13.5. The van der Waals surface area contributed by atoms with Crippen molar-refractivity contribution in [3.05, 3.63) is 105 Å². The maximum absolute atomic E-state index is 13.9. The minimum Gasteiger partial charge on any atom is -0.324 e. The first-order valence-electron chi connectivity index (χ1n) is 10.5. The van der Waals surface area contributed by atoms with Crippen molar-refractivity contribution in [1.29, 1.82) is 0 Å². The summed E-state index contributed by atoms with van der Waals surface area (Å²) in [5.74, 6) is -2.27. The van der Waals surface area contributed by atoms with Crippen LogP contribution in [0.2, 0.25) is 0 Å². The van der Waals surface area contributed by atoms with E-state index < -0.39 is 28.1 Å². The van der Waals surface area contributed by atoms with Gasteiger partial charge in [0, 0.05) is 41.4 Å². The third kappa shape index (κ3) is 3.06. The van der Waals surface area contributed by atoms with Gasteiger partial charge in [-0.15, -0.1) is 0 Å². The number of likely N-dealkylation sites (N-methyl/N-ethyl adjacent to an activating group) is 1. The average molecular weight is 445 g/mol. The van der Waals surface area contributed by atoms with E-state index in [-0.39, 0.29) is 17.4 Å². The fourth-order valence-electron chi connectivity index (χ4n) is 5.33. The van der Waals surface area contributed by atoms with Crippen molar-refractivity contribution in [2.24, 2.45) is 5.92 Å². The molecule has 1 spiro atoms. The Morgan fingerprint density at radius 3 is 2.42 bits per heavy atom. The second-order valence-corrected chi connectivity index (χ2v) is 8.45. The van der Waals surface area contributed by atoms with Gasteiger partial charge in [0.25, 0.3) is 5.69 Å². The number of para-hydroxylation sites is 1. The molecule has 166 valence electrons. The van der Waals surface area contributed by atoms with Crippen molar-refractivity contribution >= 4 is 23.1 Å². The Morgan fingerprint density at radius 2 is 1.76 bits per heavy atom. The average Bonchev–Trinajstić information content (AvgIpc) is 3.29. The predicted octanol–water partition coefficient (Wildman–Crippen LogP) is 4.11. The van der Waals surface area contributed by atoms with Gasteiger partial charge in [-0.25, -0.2) is 4.39 Å². The van der Waals surface area contributed by atoms with E-state index in [0.29, 0.717) is 23.4 Å². The molecular weight excluding hydrogens is 425 g/mol. The number of carbonyl (C=O) groups is 2. The highest BCUT2D eigenvalue weighted by Gasteiger charge is 2.64. The third-order valence-corrected chi connectivity index (χ3v) is 6.80. The lowest BCUT2D eigenvalue weighted by atomic mass is 9.70. The van der Waals surface area contributed by atoms with Crippen LogP contribution in [-0.4, -0.2) is 35.1 Å². The Kier molecular flexibility index (Phi) is 4.83. The molecule has 3 aromatic carbocycles. The van der Waals surface area contributed by atoms with E-state index in [1.54, 1.807) is 25.2 Å². The first kappa shape index (κ1) is 21.0. The molecule has 0 aliphatic carbocycles. The molecule has 3 aromatic rings. The first-order chi connectivity index (χ1) is 15.8. The van der Waals surface area contributed by atoms with E-state index >= 15 is 0 Å². The Hall–Kier alpha value is -3.91. The highest BCUT2D eigenvalue weighted by atomic mass is 19.1. The van der Waals surface area contributed by atoms with Gasteiger partial charge in [0.05, 0.1) is 10.8 Å². The summed E-state index contributed by atoms with van der Waals surface area (Å²) in [5, 5.41) is 14.0. The van der Waals surface area contributed by atoms with Crippen molar-refractivity contribution < 1.29 is 18.9 Å². The molecule has 33 heavy (non-hydrogen) atoms. The number of nitrogens with one attached hydrogen (secondary N) is 1. The zero-order valence-electron chi connectivity index (χ0n) is 17.7. The van der Waals surface area contributed by atoms with Crippen LogP contribution in [0.3, 0.4) is 0 Å². The number of anilines is 1. The van der Waals surface area contributed by atoms with Gasteiger partial charge < -0.3 is 5.32 Å². The number of hydrogen-bond acceptors (Lipinski definition) is 5. The van der Waals surface area contributed by atoms with Gasteiger partial charge in [-0.1, -0.05) is 30.3 Å². The Labute approximate surface area is 189 Å². The predicted molar refractivity (Wildman–Crippen MR) is 119 cm³/mol. The number of nitrogens with zero attached hydrogens (tertiary/aromatic N) is 2. The molecular formula is C25H20FN3O4. The zero-order valence-corrected chi connectivity index (χ0v) is 17.7. The molecule has 0 aromatic heterocycles.